The zero-order chi connectivity index (χ0) is 16.9. The molecular weight excluding hydrogens is 302 g/mol. The van der Waals surface area contributed by atoms with Crippen LogP contribution in [0, 0.1) is 0 Å². The van der Waals surface area contributed by atoms with Crippen LogP contribution in [0.15, 0.2) is 60.7 Å². The molecule has 0 aromatic heterocycles. The van der Waals surface area contributed by atoms with Crippen molar-refractivity contribution in [3.05, 3.63) is 71.8 Å². The minimum Gasteiger partial charge on any atom is -0.478 e. The van der Waals surface area contributed by atoms with Gasteiger partial charge < -0.3 is 15.2 Å². The van der Waals surface area contributed by atoms with E-state index in [9.17, 15) is 9.90 Å². The third kappa shape index (κ3) is 3.39. The summed E-state index contributed by atoms with van der Waals surface area (Å²) in [6.45, 7) is 3.22. The standard InChI is InChI=1S/C20H19NO3/c1-2-24-13-14-6-5-7-15(12-14)21-19-11-10-18(20(22)23)16-8-3-4-9-17(16)19/h3-12,21H,2,13H2,1H3,(H,22,23). The van der Waals surface area contributed by atoms with E-state index in [1.54, 1.807) is 12.1 Å². The van der Waals surface area contributed by atoms with Gasteiger partial charge in [0, 0.05) is 23.4 Å². The van der Waals surface area contributed by atoms with Crippen LogP contribution in [0.4, 0.5) is 11.4 Å². The van der Waals surface area contributed by atoms with E-state index >= 15 is 0 Å². The molecule has 0 radical (unpaired) electrons. The van der Waals surface area contributed by atoms with Gasteiger partial charge in [-0.05, 0) is 42.1 Å². The van der Waals surface area contributed by atoms with Crippen LogP contribution in [0.3, 0.4) is 0 Å². The van der Waals surface area contributed by atoms with Crippen molar-refractivity contribution in [2.75, 3.05) is 11.9 Å². The van der Waals surface area contributed by atoms with Crippen LogP contribution in [0.25, 0.3) is 10.8 Å². The average molecular weight is 321 g/mol. The van der Waals surface area contributed by atoms with E-state index in [1.165, 1.54) is 0 Å². The number of hydrogen-bond acceptors (Lipinski definition) is 3. The first-order chi connectivity index (χ1) is 11.7. The molecule has 0 amide bonds. The van der Waals surface area contributed by atoms with E-state index in [4.69, 9.17) is 4.74 Å². The minimum atomic E-state index is -0.920. The number of carbonyl (C=O) groups is 1. The molecule has 24 heavy (non-hydrogen) atoms. The molecule has 0 aliphatic carbocycles. The Labute approximate surface area is 140 Å². The molecule has 0 saturated heterocycles. The highest BCUT2D eigenvalue weighted by Crippen LogP contribution is 2.29. The fraction of sp³-hybridized carbons (Fsp3) is 0.150. The summed E-state index contributed by atoms with van der Waals surface area (Å²) in [6, 6.07) is 19.0. The number of fused-ring (bicyclic) bond motifs is 1. The number of aromatic carboxylic acids is 1. The summed E-state index contributed by atoms with van der Waals surface area (Å²) in [5, 5.41) is 14.3. The Kier molecular flexibility index (Phi) is 4.77. The summed E-state index contributed by atoms with van der Waals surface area (Å²) >= 11 is 0. The molecule has 3 aromatic carbocycles. The summed E-state index contributed by atoms with van der Waals surface area (Å²) in [7, 11) is 0. The van der Waals surface area contributed by atoms with Crippen molar-refractivity contribution >= 4 is 28.1 Å². The predicted octanol–water partition coefficient (Wildman–Crippen LogP) is 4.82. The van der Waals surface area contributed by atoms with Crippen molar-refractivity contribution in [1.29, 1.82) is 0 Å². The lowest BCUT2D eigenvalue weighted by Gasteiger charge is -2.12. The van der Waals surface area contributed by atoms with Crippen molar-refractivity contribution in [2.45, 2.75) is 13.5 Å². The molecule has 3 rings (SSSR count). The molecule has 0 aliphatic heterocycles. The molecule has 0 spiro atoms. The van der Waals surface area contributed by atoms with E-state index in [0.717, 1.165) is 27.7 Å². The lowest BCUT2D eigenvalue weighted by Crippen LogP contribution is -2.00. The summed E-state index contributed by atoms with van der Waals surface area (Å²) in [5.74, 6) is -0.920. The van der Waals surface area contributed by atoms with Gasteiger partial charge in [0.2, 0.25) is 0 Å². The number of hydrogen-bond donors (Lipinski definition) is 2. The Hall–Kier alpha value is -2.85. The van der Waals surface area contributed by atoms with Crippen molar-refractivity contribution in [3.8, 4) is 0 Å². The van der Waals surface area contributed by atoms with Gasteiger partial charge in [-0.2, -0.15) is 0 Å². The topological polar surface area (TPSA) is 58.6 Å². The molecule has 2 N–H and O–H groups in total. The quantitative estimate of drug-likeness (QED) is 0.683. The van der Waals surface area contributed by atoms with Gasteiger partial charge in [0.25, 0.3) is 0 Å². The van der Waals surface area contributed by atoms with Gasteiger partial charge in [-0.15, -0.1) is 0 Å². The molecule has 0 atom stereocenters. The van der Waals surface area contributed by atoms with Crippen molar-refractivity contribution in [1.82, 2.24) is 0 Å². The third-order valence-electron chi connectivity index (χ3n) is 3.83. The maximum atomic E-state index is 11.4. The van der Waals surface area contributed by atoms with Crippen molar-refractivity contribution < 1.29 is 14.6 Å². The van der Waals surface area contributed by atoms with E-state index in [1.807, 2.05) is 55.5 Å². The Bertz CT molecular complexity index is 874. The number of rotatable bonds is 6. The van der Waals surface area contributed by atoms with Gasteiger partial charge in [-0.3, -0.25) is 0 Å². The highest BCUT2D eigenvalue weighted by molar-refractivity contribution is 6.08. The maximum absolute atomic E-state index is 11.4. The number of ether oxygens (including phenoxy) is 1. The van der Waals surface area contributed by atoms with Crippen LogP contribution in [0.1, 0.15) is 22.8 Å². The lowest BCUT2D eigenvalue weighted by molar-refractivity contribution is 0.0699. The highest BCUT2D eigenvalue weighted by atomic mass is 16.5. The third-order valence-corrected chi connectivity index (χ3v) is 3.83. The molecule has 0 fully saturated rings. The Balaban J connectivity index is 1.96. The molecule has 0 saturated carbocycles. The highest BCUT2D eigenvalue weighted by Gasteiger charge is 2.11. The monoisotopic (exact) mass is 321 g/mol. The molecule has 0 heterocycles. The number of nitrogens with one attached hydrogen (secondary N) is 1. The van der Waals surface area contributed by atoms with Crippen LogP contribution in [-0.4, -0.2) is 17.7 Å². The van der Waals surface area contributed by atoms with Gasteiger partial charge in [-0.25, -0.2) is 4.79 Å². The van der Waals surface area contributed by atoms with Gasteiger partial charge in [0.1, 0.15) is 0 Å². The zero-order valence-corrected chi connectivity index (χ0v) is 13.5. The number of anilines is 2. The van der Waals surface area contributed by atoms with Gasteiger partial charge in [0.05, 0.1) is 12.2 Å². The Morgan fingerprint density at radius 1 is 1.04 bits per heavy atom. The first-order valence-electron chi connectivity index (χ1n) is 7.88. The van der Waals surface area contributed by atoms with Crippen LogP contribution >= 0.6 is 0 Å². The lowest BCUT2D eigenvalue weighted by atomic mass is 10.0. The molecule has 0 bridgehead atoms. The second-order valence-corrected chi connectivity index (χ2v) is 5.47. The summed E-state index contributed by atoms with van der Waals surface area (Å²) in [5.41, 5.74) is 3.22. The maximum Gasteiger partial charge on any atom is 0.336 e. The van der Waals surface area contributed by atoms with Gasteiger partial charge >= 0.3 is 5.97 Å². The summed E-state index contributed by atoms with van der Waals surface area (Å²) < 4.78 is 5.44. The fourth-order valence-electron chi connectivity index (χ4n) is 2.71. The normalized spacial score (nSPS) is 10.7. The molecule has 4 heteroatoms. The number of carboxylic acid groups (broad SMARTS) is 1. The molecular formula is C20H19NO3. The second-order valence-electron chi connectivity index (χ2n) is 5.47. The first-order valence-corrected chi connectivity index (χ1v) is 7.88. The van der Waals surface area contributed by atoms with E-state index in [-0.39, 0.29) is 0 Å². The second kappa shape index (κ2) is 7.15. The van der Waals surface area contributed by atoms with Crippen molar-refractivity contribution in [2.24, 2.45) is 0 Å². The van der Waals surface area contributed by atoms with Gasteiger partial charge in [-0.1, -0.05) is 36.4 Å². The first kappa shape index (κ1) is 16.0. The van der Waals surface area contributed by atoms with E-state index < -0.39 is 5.97 Å². The minimum absolute atomic E-state index is 0.307. The Morgan fingerprint density at radius 2 is 1.83 bits per heavy atom. The van der Waals surface area contributed by atoms with Crippen LogP contribution in [0.5, 0.6) is 0 Å². The number of carboxylic acids is 1. The molecule has 0 aliphatic rings. The summed E-state index contributed by atoms with van der Waals surface area (Å²) in [4.78, 5) is 11.4. The summed E-state index contributed by atoms with van der Waals surface area (Å²) in [6.07, 6.45) is 0. The molecule has 0 unspecified atom stereocenters. The predicted molar refractivity (Wildman–Crippen MR) is 96.0 cm³/mol. The van der Waals surface area contributed by atoms with Crippen LogP contribution in [-0.2, 0) is 11.3 Å². The van der Waals surface area contributed by atoms with Crippen molar-refractivity contribution in [3.63, 3.8) is 0 Å². The van der Waals surface area contributed by atoms with Crippen LogP contribution in [0.2, 0.25) is 0 Å². The van der Waals surface area contributed by atoms with E-state index in [0.29, 0.717) is 18.8 Å². The largest absolute Gasteiger partial charge is 0.478 e. The zero-order valence-electron chi connectivity index (χ0n) is 13.5. The van der Waals surface area contributed by atoms with Crippen LogP contribution < -0.4 is 5.32 Å². The number of benzene rings is 3. The Morgan fingerprint density at radius 3 is 2.58 bits per heavy atom. The average Bonchev–Trinajstić information content (AvgIpc) is 2.60. The smallest absolute Gasteiger partial charge is 0.336 e. The molecule has 4 nitrogen and oxygen atoms in total. The van der Waals surface area contributed by atoms with Gasteiger partial charge in [0.15, 0.2) is 0 Å². The molecule has 3 aromatic rings. The SMILES string of the molecule is CCOCc1cccc(Nc2ccc(C(=O)O)c3ccccc23)c1. The van der Waals surface area contributed by atoms with E-state index in [2.05, 4.69) is 5.32 Å². The molecule has 122 valence electrons. The fourth-order valence-corrected chi connectivity index (χ4v) is 2.71.